The first-order valence-corrected chi connectivity index (χ1v) is 9.60. The Hall–Kier alpha value is -1.27. The molecule has 0 saturated carbocycles. The zero-order valence-electron chi connectivity index (χ0n) is 13.0. The monoisotopic (exact) mass is 335 g/mol. The predicted octanol–water partition coefficient (Wildman–Crippen LogP) is 4.32. The van der Waals surface area contributed by atoms with Gasteiger partial charge in [-0.25, -0.2) is 0 Å². The molecule has 0 aromatic carbocycles. The fourth-order valence-electron chi connectivity index (χ4n) is 2.77. The van der Waals surface area contributed by atoms with Crippen molar-refractivity contribution in [2.45, 2.75) is 52.4 Å². The number of hydrogen-bond acceptors (Lipinski definition) is 5. The molecule has 0 bridgehead atoms. The minimum Gasteiger partial charge on any atom is -0.296 e. The molecule has 0 spiro atoms. The molecule has 2 aromatic heterocycles. The lowest BCUT2D eigenvalue weighted by Gasteiger charge is -2.18. The predicted molar refractivity (Wildman–Crippen MR) is 92.0 cm³/mol. The average molecular weight is 335 g/mol. The quantitative estimate of drug-likeness (QED) is 0.885. The third kappa shape index (κ3) is 3.38. The Labute approximate surface area is 139 Å². The van der Waals surface area contributed by atoms with Crippen molar-refractivity contribution >= 4 is 33.7 Å². The van der Waals surface area contributed by atoms with Gasteiger partial charge in [0.2, 0.25) is 5.13 Å². The number of nitrogens with one attached hydrogen (secondary N) is 1. The van der Waals surface area contributed by atoms with E-state index in [0.717, 1.165) is 48.6 Å². The van der Waals surface area contributed by atoms with E-state index in [4.69, 9.17) is 0 Å². The molecule has 2 aromatic rings. The van der Waals surface area contributed by atoms with Crippen LogP contribution in [0.1, 0.15) is 58.9 Å². The van der Waals surface area contributed by atoms with E-state index in [2.05, 4.69) is 29.4 Å². The Kier molecular flexibility index (Phi) is 4.88. The highest BCUT2D eigenvalue weighted by Gasteiger charge is 2.23. The molecule has 0 fully saturated rings. The molecule has 1 aliphatic carbocycles. The minimum absolute atomic E-state index is 0.0368. The van der Waals surface area contributed by atoms with Crippen molar-refractivity contribution in [1.82, 2.24) is 10.2 Å². The van der Waals surface area contributed by atoms with E-state index in [0.29, 0.717) is 5.13 Å². The van der Waals surface area contributed by atoms with Crippen LogP contribution in [0, 0.1) is 5.92 Å². The number of unbranched alkanes of at least 4 members (excludes halogenated alkanes) is 1. The van der Waals surface area contributed by atoms with Gasteiger partial charge in [-0.15, -0.1) is 21.5 Å². The molecular weight excluding hydrogens is 314 g/mol. The molecule has 1 atom stereocenters. The molecule has 1 N–H and O–H groups in total. The number of aromatic nitrogens is 2. The van der Waals surface area contributed by atoms with E-state index in [1.807, 2.05) is 5.38 Å². The van der Waals surface area contributed by atoms with Gasteiger partial charge in [0, 0.05) is 16.7 Å². The number of fused-ring (bicyclic) bond motifs is 1. The van der Waals surface area contributed by atoms with Crippen LogP contribution >= 0.6 is 22.7 Å². The summed E-state index contributed by atoms with van der Waals surface area (Å²) >= 11 is 3.20. The summed E-state index contributed by atoms with van der Waals surface area (Å²) in [7, 11) is 0. The standard InChI is InChI=1S/C16H21N3OS2/c1-3-4-5-14-18-19-16(22-14)17-15(20)12-9-21-13-8-10(2)6-7-11(12)13/h9-10H,3-8H2,1-2H3,(H,17,19,20). The Morgan fingerprint density at radius 3 is 3.14 bits per heavy atom. The van der Waals surface area contributed by atoms with Gasteiger partial charge in [0.15, 0.2) is 0 Å². The fourth-order valence-corrected chi connectivity index (χ4v) is 4.79. The average Bonchev–Trinajstić information content (AvgIpc) is 3.11. The first-order chi connectivity index (χ1) is 10.7. The number of carbonyl (C=O) groups is 1. The van der Waals surface area contributed by atoms with E-state index in [-0.39, 0.29) is 5.91 Å². The molecule has 22 heavy (non-hydrogen) atoms. The van der Waals surface area contributed by atoms with Crippen molar-refractivity contribution < 1.29 is 4.79 Å². The number of nitrogens with zero attached hydrogens (tertiary/aromatic N) is 2. The van der Waals surface area contributed by atoms with Crippen LogP contribution in [0.2, 0.25) is 0 Å². The van der Waals surface area contributed by atoms with Crippen molar-refractivity contribution in [2.75, 3.05) is 5.32 Å². The molecule has 1 aliphatic rings. The van der Waals surface area contributed by atoms with Crippen LogP contribution in [0.15, 0.2) is 5.38 Å². The first-order valence-electron chi connectivity index (χ1n) is 7.90. The number of anilines is 1. The molecule has 0 aliphatic heterocycles. The third-order valence-electron chi connectivity index (χ3n) is 4.08. The molecule has 4 nitrogen and oxygen atoms in total. The maximum atomic E-state index is 12.5. The molecule has 0 saturated heterocycles. The summed E-state index contributed by atoms with van der Waals surface area (Å²) in [4.78, 5) is 13.9. The van der Waals surface area contributed by atoms with Gasteiger partial charge in [-0.1, -0.05) is 31.6 Å². The highest BCUT2D eigenvalue weighted by Crippen LogP contribution is 2.33. The highest BCUT2D eigenvalue weighted by atomic mass is 32.1. The van der Waals surface area contributed by atoms with Gasteiger partial charge in [0.05, 0.1) is 5.56 Å². The molecular formula is C16H21N3OS2. The van der Waals surface area contributed by atoms with Crippen LogP contribution in [-0.4, -0.2) is 16.1 Å². The summed E-state index contributed by atoms with van der Waals surface area (Å²) in [5, 5.41) is 14.7. The lowest BCUT2D eigenvalue weighted by atomic mass is 9.88. The SMILES string of the molecule is CCCCc1nnc(NC(=O)c2csc3c2CCC(C)C3)s1. The maximum absolute atomic E-state index is 12.5. The van der Waals surface area contributed by atoms with Crippen LogP contribution in [0.5, 0.6) is 0 Å². The van der Waals surface area contributed by atoms with Crippen molar-refractivity contribution in [2.24, 2.45) is 5.92 Å². The topological polar surface area (TPSA) is 54.9 Å². The summed E-state index contributed by atoms with van der Waals surface area (Å²) in [5.41, 5.74) is 2.08. The number of amides is 1. The summed E-state index contributed by atoms with van der Waals surface area (Å²) < 4.78 is 0. The normalized spacial score (nSPS) is 17.3. The number of rotatable bonds is 5. The van der Waals surface area contributed by atoms with Crippen molar-refractivity contribution in [3.05, 3.63) is 26.4 Å². The van der Waals surface area contributed by atoms with Crippen LogP contribution in [-0.2, 0) is 19.3 Å². The molecule has 1 unspecified atom stereocenters. The minimum atomic E-state index is -0.0368. The number of thiophene rings is 1. The van der Waals surface area contributed by atoms with Gasteiger partial charge >= 0.3 is 0 Å². The summed E-state index contributed by atoms with van der Waals surface area (Å²) in [6.07, 6.45) is 6.48. The number of carbonyl (C=O) groups excluding carboxylic acids is 1. The number of hydrogen-bond donors (Lipinski definition) is 1. The maximum Gasteiger partial charge on any atom is 0.258 e. The zero-order valence-corrected chi connectivity index (χ0v) is 14.6. The second-order valence-electron chi connectivity index (χ2n) is 5.96. The van der Waals surface area contributed by atoms with Crippen LogP contribution in [0.4, 0.5) is 5.13 Å². The molecule has 0 radical (unpaired) electrons. The van der Waals surface area contributed by atoms with Gasteiger partial charge in [-0.2, -0.15) is 0 Å². The van der Waals surface area contributed by atoms with Gasteiger partial charge < -0.3 is 0 Å². The molecule has 1 amide bonds. The van der Waals surface area contributed by atoms with Crippen LogP contribution in [0.3, 0.4) is 0 Å². The molecule has 118 valence electrons. The largest absolute Gasteiger partial charge is 0.296 e. The van der Waals surface area contributed by atoms with Crippen LogP contribution in [0.25, 0.3) is 0 Å². The molecule has 2 heterocycles. The Balaban J connectivity index is 1.68. The van der Waals surface area contributed by atoms with E-state index in [1.165, 1.54) is 28.2 Å². The van der Waals surface area contributed by atoms with E-state index >= 15 is 0 Å². The smallest absolute Gasteiger partial charge is 0.258 e. The first kappa shape index (κ1) is 15.6. The molecule has 6 heteroatoms. The summed E-state index contributed by atoms with van der Waals surface area (Å²) in [6, 6.07) is 0. The number of aryl methyl sites for hydroxylation is 1. The van der Waals surface area contributed by atoms with E-state index in [1.54, 1.807) is 11.3 Å². The summed E-state index contributed by atoms with van der Waals surface area (Å²) in [5.74, 6) is 0.691. The lowest BCUT2D eigenvalue weighted by molar-refractivity contribution is 0.102. The van der Waals surface area contributed by atoms with Gasteiger partial charge in [-0.05, 0) is 37.2 Å². The van der Waals surface area contributed by atoms with Crippen molar-refractivity contribution in [1.29, 1.82) is 0 Å². The van der Waals surface area contributed by atoms with Crippen molar-refractivity contribution in [3.8, 4) is 0 Å². The lowest BCUT2D eigenvalue weighted by Crippen LogP contribution is -2.16. The van der Waals surface area contributed by atoms with Gasteiger partial charge in [0.1, 0.15) is 5.01 Å². The van der Waals surface area contributed by atoms with E-state index in [9.17, 15) is 4.79 Å². The molecule has 3 rings (SSSR count). The van der Waals surface area contributed by atoms with Gasteiger partial charge in [0.25, 0.3) is 5.91 Å². The van der Waals surface area contributed by atoms with Gasteiger partial charge in [-0.3, -0.25) is 10.1 Å². The Morgan fingerprint density at radius 2 is 2.32 bits per heavy atom. The summed E-state index contributed by atoms with van der Waals surface area (Å²) in [6.45, 7) is 4.44. The Morgan fingerprint density at radius 1 is 1.45 bits per heavy atom. The van der Waals surface area contributed by atoms with Crippen molar-refractivity contribution in [3.63, 3.8) is 0 Å². The van der Waals surface area contributed by atoms with Crippen LogP contribution < -0.4 is 5.32 Å². The Bertz CT molecular complexity index is 662. The second-order valence-corrected chi connectivity index (χ2v) is 7.98. The second kappa shape index (κ2) is 6.87. The third-order valence-corrected chi connectivity index (χ3v) is 6.03. The highest BCUT2D eigenvalue weighted by molar-refractivity contribution is 7.15. The fraction of sp³-hybridized carbons (Fsp3) is 0.562. The zero-order chi connectivity index (χ0) is 15.5. The van der Waals surface area contributed by atoms with E-state index < -0.39 is 0 Å².